The van der Waals surface area contributed by atoms with E-state index in [2.05, 4.69) is 13.8 Å². The quantitative estimate of drug-likeness (QED) is 0.446. The van der Waals surface area contributed by atoms with Gasteiger partial charge in [-0.15, -0.1) is 0 Å². The highest BCUT2D eigenvalue weighted by Crippen LogP contribution is 2.02. The van der Waals surface area contributed by atoms with E-state index in [0.717, 1.165) is 12.8 Å². The first-order valence-electron chi connectivity index (χ1n) is 4.32. The van der Waals surface area contributed by atoms with Crippen LogP contribution in [0.1, 0.15) is 35.0 Å². The number of carbonyl (C=O) groups is 1. The Morgan fingerprint density at radius 3 is 2.90 bits per heavy atom. The van der Waals surface area contributed by atoms with Crippen LogP contribution in [0.15, 0.2) is 0 Å². The lowest BCUT2D eigenvalue weighted by atomic mass is 10.1. The van der Waals surface area contributed by atoms with Crippen molar-refractivity contribution in [1.82, 2.24) is 0 Å². The zero-order chi connectivity index (χ0) is 8.69. The summed E-state index contributed by atoms with van der Waals surface area (Å²) in [5, 5.41) is 0. The van der Waals surface area contributed by atoms with Crippen molar-refractivity contribution in [3.63, 3.8) is 0 Å². The molecule has 0 amide bonds. The van der Waals surface area contributed by atoms with Gasteiger partial charge in [-0.05, 0) is 18.8 Å². The maximum Gasteiger partial charge on any atom is 0.302 e. The number of ether oxygens (including phenoxy) is 1. The van der Waals surface area contributed by atoms with E-state index in [1.165, 1.54) is 0 Å². The summed E-state index contributed by atoms with van der Waals surface area (Å²) in [4.78, 5) is 10.4. The van der Waals surface area contributed by atoms with E-state index in [1.807, 2.05) is 0 Å². The smallest absolute Gasteiger partial charge is 0.302 e. The van der Waals surface area contributed by atoms with Crippen LogP contribution in [0.3, 0.4) is 0 Å². The Morgan fingerprint density at radius 1 is 1.70 bits per heavy atom. The lowest BCUT2D eigenvalue weighted by Gasteiger charge is -2.03. The molecule has 0 heterocycles. The molecule has 0 aliphatic heterocycles. The van der Waals surface area contributed by atoms with Gasteiger partial charge < -0.3 is 4.74 Å². The SMILES string of the molecule is [2H]CC(=O)OCCCC(C)C. The largest absolute Gasteiger partial charge is 0.466 e. The van der Waals surface area contributed by atoms with Crippen LogP contribution >= 0.6 is 0 Å². The average Bonchev–Trinajstić information content (AvgIpc) is 1.97. The number of carbonyl (C=O) groups excluding carboxylic acids is 1. The summed E-state index contributed by atoms with van der Waals surface area (Å²) in [6.45, 7) is 4.47. The summed E-state index contributed by atoms with van der Waals surface area (Å²) >= 11 is 0. The molecule has 0 rings (SSSR count). The molecule has 0 N–H and O–H groups in total. The van der Waals surface area contributed by atoms with Crippen LogP contribution in [-0.4, -0.2) is 12.6 Å². The second-order valence-corrected chi connectivity index (χ2v) is 2.76. The van der Waals surface area contributed by atoms with Gasteiger partial charge in [-0.3, -0.25) is 4.79 Å². The highest BCUT2D eigenvalue weighted by atomic mass is 16.5. The lowest BCUT2D eigenvalue weighted by molar-refractivity contribution is -0.141. The van der Waals surface area contributed by atoms with Gasteiger partial charge in [-0.1, -0.05) is 13.8 Å². The number of hydrogen-bond acceptors (Lipinski definition) is 2. The minimum Gasteiger partial charge on any atom is -0.466 e. The molecule has 0 fully saturated rings. The maximum atomic E-state index is 10.4. The van der Waals surface area contributed by atoms with E-state index in [-0.39, 0.29) is 6.90 Å². The van der Waals surface area contributed by atoms with E-state index in [0.29, 0.717) is 12.5 Å². The Morgan fingerprint density at radius 2 is 2.40 bits per heavy atom. The molecule has 0 aromatic carbocycles. The molecule has 0 atom stereocenters. The van der Waals surface area contributed by atoms with Crippen molar-refractivity contribution in [2.75, 3.05) is 6.61 Å². The molecule has 10 heavy (non-hydrogen) atoms. The van der Waals surface area contributed by atoms with Crippen molar-refractivity contribution < 1.29 is 10.9 Å². The predicted octanol–water partition coefficient (Wildman–Crippen LogP) is 1.99. The van der Waals surface area contributed by atoms with Crippen molar-refractivity contribution in [3.8, 4) is 0 Å². The number of esters is 1. The van der Waals surface area contributed by atoms with Crippen molar-refractivity contribution in [2.45, 2.75) is 33.6 Å². The number of rotatable bonds is 4. The third-order valence-corrected chi connectivity index (χ3v) is 1.19. The minimum absolute atomic E-state index is 0.262. The zero-order valence-corrected chi connectivity index (χ0v) is 6.72. The van der Waals surface area contributed by atoms with Crippen molar-refractivity contribution in [1.29, 1.82) is 0 Å². The third kappa shape index (κ3) is 7.47. The molecule has 0 radical (unpaired) electrons. The van der Waals surface area contributed by atoms with Crippen LogP contribution in [0.4, 0.5) is 0 Å². The van der Waals surface area contributed by atoms with Gasteiger partial charge in [-0.25, -0.2) is 0 Å². The molecule has 0 unspecified atom stereocenters. The van der Waals surface area contributed by atoms with Gasteiger partial charge in [0.05, 0.1) is 6.61 Å². The molecule has 0 aliphatic carbocycles. The molecular formula is C8H16O2. The van der Waals surface area contributed by atoms with E-state index >= 15 is 0 Å². The fourth-order valence-corrected chi connectivity index (χ4v) is 0.678. The van der Waals surface area contributed by atoms with E-state index in [1.54, 1.807) is 0 Å². The number of hydrogen-bond donors (Lipinski definition) is 0. The first kappa shape index (κ1) is 7.58. The summed E-state index contributed by atoms with van der Waals surface area (Å²) in [6.07, 6.45) is 1.98. The van der Waals surface area contributed by atoms with Crippen molar-refractivity contribution in [2.24, 2.45) is 5.92 Å². The standard InChI is InChI=1S/C8H16O2/c1-7(2)5-4-6-10-8(3)9/h7H,4-6H2,1-3H3/i3D. The monoisotopic (exact) mass is 145 g/mol. The minimum atomic E-state index is -0.422. The van der Waals surface area contributed by atoms with Crippen molar-refractivity contribution >= 4 is 5.97 Å². The van der Waals surface area contributed by atoms with Crippen LogP contribution in [0.5, 0.6) is 0 Å². The van der Waals surface area contributed by atoms with Crippen molar-refractivity contribution in [3.05, 3.63) is 0 Å². The van der Waals surface area contributed by atoms with Crippen LogP contribution in [-0.2, 0) is 9.53 Å². The Kier molecular flexibility index (Phi) is 3.99. The molecule has 0 saturated heterocycles. The Bertz CT molecular complexity index is 113. The fraction of sp³-hybridized carbons (Fsp3) is 0.875. The second kappa shape index (κ2) is 5.27. The van der Waals surface area contributed by atoms with Crippen LogP contribution in [0, 0.1) is 5.92 Å². The topological polar surface area (TPSA) is 26.3 Å². The van der Waals surface area contributed by atoms with Gasteiger partial charge in [0.1, 0.15) is 0 Å². The van der Waals surface area contributed by atoms with Gasteiger partial charge in [0.15, 0.2) is 0 Å². The third-order valence-electron chi connectivity index (χ3n) is 1.19. The molecule has 0 spiro atoms. The normalized spacial score (nSPS) is 11.3. The van der Waals surface area contributed by atoms with Gasteiger partial charge >= 0.3 is 5.97 Å². The molecule has 0 aromatic rings. The van der Waals surface area contributed by atoms with Crippen LogP contribution in [0.2, 0.25) is 0 Å². The lowest BCUT2D eigenvalue weighted by Crippen LogP contribution is -2.01. The van der Waals surface area contributed by atoms with Gasteiger partial charge in [0.25, 0.3) is 0 Å². The van der Waals surface area contributed by atoms with E-state index < -0.39 is 5.97 Å². The molecule has 2 nitrogen and oxygen atoms in total. The summed E-state index contributed by atoms with van der Waals surface area (Å²) in [5.41, 5.74) is 0. The molecule has 60 valence electrons. The molecule has 0 aromatic heterocycles. The molecule has 0 bridgehead atoms. The Hall–Kier alpha value is -0.530. The predicted molar refractivity (Wildman–Crippen MR) is 40.7 cm³/mol. The first-order valence-corrected chi connectivity index (χ1v) is 3.61. The molecular weight excluding hydrogens is 128 g/mol. The van der Waals surface area contributed by atoms with Gasteiger partial charge in [0.2, 0.25) is 0 Å². The van der Waals surface area contributed by atoms with E-state index in [4.69, 9.17) is 6.11 Å². The highest BCUT2D eigenvalue weighted by Gasteiger charge is 1.95. The Balaban J connectivity index is 3.08. The molecule has 0 saturated carbocycles. The summed E-state index contributed by atoms with van der Waals surface area (Å²) in [6, 6.07) is 0. The zero-order valence-electron chi connectivity index (χ0n) is 7.72. The average molecular weight is 145 g/mol. The maximum absolute atomic E-state index is 10.4. The molecule has 0 aliphatic rings. The first-order chi connectivity index (χ1) is 5.16. The van der Waals surface area contributed by atoms with E-state index in [9.17, 15) is 4.79 Å². The summed E-state index contributed by atoms with van der Waals surface area (Å²) < 4.78 is 11.4. The summed E-state index contributed by atoms with van der Waals surface area (Å²) in [5.74, 6) is 0.235. The Labute approximate surface area is 64.0 Å². The summed E-state index contributed by atoms with van der Waals surface area (Å²) in [7, 11) is 0. The van der Waals surface area contributed by atoms with Crippen LogP contribution < -0.4 is 0 Å². The van der Waals surface area contributed by atoms with Gasteiger partial charge in [0, 0.05) is 8.27 Å². The fourth-order valence-electron chi connectivity index (χ4n) is 0.678. The van der Waals surface area contributed by atoms with Gasteiger partial charge in [-0.2, -0.15) is 0 Å². The van der Waals surface area contributed by atoms with Crippen LogP contribution in [0.25, 0.3) is 0 Å². The second-order valence-electron chi connectivity index (χ2n) is 2.76. The highest BCUT2D eigenvalue weighted by molar-refractivity contribution is 5.65. The molecule has 2 heteroatoms.